The van der Waals surface area contributed by atoms with Crippen LogP contribution in [0.25, 0.3) is 11.0 Å². The van der Waals surface area contributed by atoms with Crippen LogP contribution in [0.15, 0.2) is 82.8 Å². The number of fused-ring (bicyclic) bond motifs is 1. The van der Waals surface area contributed by atoms with E-state index in [-0.39, 0.29) is 16.8 Å². The number of rotatable bonds is 8. The van der Waals surface area contributed by atoms with Crippen LogP contribution in [0.1, 0.15) is 34.5 Å². The first-order valence-electron chi connectivity index (χ1n) is 10.7. The van der Waals surface area contributed by atoms with Crippen LogP contribution in [0.3, 0.4) is 0 Å². The van der Waals surface area contributed by atoms with E-state index in [4.69, 9.17) is 0 Å². The number of hydrogen-bond donors (Lipinski definition) is 2. The zero-order valence-corrected chi connectivity index (χ0v) is 20.8. The Bertz CT molecular complexity index is 1380. The van der Waals surface area contributed by atoms with Crippen molar-refractivity contribution in [1.29, 1.82) is 0 Å². The van der Waals surface area contributed by atoms with E-state index in [1.54, 1.807) is 36.0 Å². The summed E-state index contributed by atoms with van der Waals surface area (Å²) in [5, 5.41) is 3.83. The van der Waals surface area contributed by atoms with Crippen molar-refractivity contribution in [3.63, 3.8) is 0 Å². The lowest BCUT2D eigenvalue weighted by Gasteiger charge is -2.17. The number of benzene rings is 3. The Labute approximate surface area is 203 Å². The Hall–Kier alpha value is -3.14. The van der Waals surface area contributed by atoms with Crippen molar-refractivity contribution < 1.29 is 13.2 Å². The zero-order chi connectivity index (χ0) is 24.3. The first kappa shape index (κ1) is 24.0. The van der Waals surface area contributed by atoms with Crippen molar-refractivity contribution in [3.05, 3.63) is 89.5 Å². The first-order valence-corrected chi connectivity index (χ1v) is 13.2. The number of amides is 1. The van der Waals surface area contributed by atoms with Crippen molar-refractivity contribution in [3.8, 4) is 0 Å². The largest absolute Gasteiger partial charge is 0.346 e. The second kappa shape index (κ2) is 10.0. The van der Waals surface area contributed by atoms with E-state index in [0.29, 0.717) is 11.3 Å². The molecule has 0 aliphatic rings. The highest BCUT2D eigenvalue weighted by Gasteiger charge is 2.19. The third kappa shape index (κ3) is 5.16. The fraction of sp³-hybridized carbons (Fsp3) is 0.200. The van der Waals surface area contributed by atoms with Crippen molar-refractivity contribution in [2.24, 2.45) is 0 Å². The van der Waals surface area contributed by atoms with Gasteiger partial charge in [0.1, 0.15) is 0 Å². The second-order valence-corrected chi connectivity index (χ2v) is 11.2. The molecule has 4 aromatic rings. The molecule has 0 aliphatic carbocycles. The minimum atomic E-state index is -3.49. The summed E-state index contributed by atoms with van der Waals surface area (Å²) in [6.07, 6.45) is 0. The number of imidazole rings is 1. The predicted molar refractivity (Wildman–Crippen MR) is 135 cm³/mol. The van der Waals surface area contributed by atoms with Gasteiger partial charge in [-0.1, -0.05) is 54.2 Å². The molecular formula is C25H26N4O3S2. The van der Waals surface area contributed by atoms with Crippen molar-refractivity contribution in [2.75, 3.05) is 14.1 Å². The maximum Gasteiger partial charge on any atom is 0.252 e. The van der Waals surface area contributed by atoms with Gasteiger partial charge >= 0.3 is 0 Å². The van der Waals surface area contributed by atoms with Crippen LogP contribution in [0, 0.1) is 0 Å². The molecule has 7 nitrogen and oxygen atoms in total. The molecule has 0 saturated carbocycles. The van der Waals surface area contributed by atoms with Crippen LogP contribution in [0.4, 0.5) is 0 Å². The lowest BCUT2D eigenvalue weighted by molar-refractivity contribution is 0.0939. The van der Waals surface area contributed by atoms with Gasteiger partial charge in [0.15, 0.2) is 5.16 Å². The highest BCUT2D eigenvalue weighted by atomic mass is 32.2. The van der Waals surface area contributed by atoms with Crippen LogP contribution < -0.4 is 5.32 Å². The molecule has 2 N–H and O–H groups in total. The minimum Gasteiger partial charge on any atom is -0.346 e. The number of nitrogens with zero attached hydrogens (tertiary/aromatic N) is 2. The number of aromatic nitrogens is 2. The fourth-order valence-electron chi connectivity index (χ4n) is 3.51. The van der Waals surface area contributed by atoms with E-state index in [1.165, 1.54) is 18.4 Å². The topological polar surface area (TPSA) is 95.2 Å². The molecule has 1 unspecified atom stereocenters. The molecule has 9 heteroatoms. The molecule has 1 amide bonds. The van der Waals surface area contributed by atoms with Gasteiger partial charge in [0.05, 0.1) is 22.0 Å². The summed E-state index contributed by atoms with van der Waals surface area (Å²) in [6.45, 7) is 1.87. The Kier molecular flexibility index (Phi) is 7.06. The molecule has 3 aromatic carbocycles. The Morgan fingerprint density at radius 2 is 1.71 bits per heavy atom. The number of carbonyl (C=O) groups is 1. The van der Waals surface area contributed by atoms with E-state index in [1.807, 2.05) is 55.5 Å². The molecular weight excluding hydrogens is 468 g/mol. The van der Waals surface area contributed by atoms with Crippen LogP contribution in [-0.2, 0) is 15.8 Å². The summed E-state index contributed by atoms with van der Waals surface area (Å²) in [5.74, 6) is 0.410. The summed E-state index contributed by atoms with van der Waals surface area (Å²) in [5.41, 5.74) is 4.22. The van der Waals surface area contributed by atoms with Gasteiger partial charge in [-0.2, -0.15) is 0 Å². The minimum absolute atomic E-state index is 0.182. The molecule has 0 saturated heterocycles. The van der Waals surface area contributed by atoms with E-state index in [9.17, 15) is 13.2 Å². The van der Waals surface area contributed by atoms with E-state index >= 15 is 0 Å². The molecule has 0 radical (unpaired) electrons. The van der Waals surface area contributed by atoms with Gasteiger partial charge in [-0.25, -0.2) is 17.7 Å². The van der Waals surface area contributed by atoms with Crippen LogP contribution in [-0.4, -0.2) is 42.7 Å². The second-order valence-electron chi connectivity index (χ2n) is 8.06. The van der Waals surface area contributed by atoms with Crippen LogP contribution >= 0.6 is 11.8 Å². The first-order chi connectivity index (χ1) is 16.3. The third-order valence-electron chi connectivity index (χ3n) is 5.50. The Balaban J connectivity index is 1.45. The quantitative estimate of drug-likeness (QED) is 0.349. The van der Waals surface area contributed by atoms with E-state index < -0.39 is 10.0 Å². The molecule has 1 atom stereocenters. The van der Waals surface area contributed by atoms with E-state index in [0.717, 1.165) is 27.3 Å². The summed E-state index contributed by atoms with van der Waals surface area (Å²) in [6, 6.07) is 21.6. The van der Waals surface area contributed by atoms with Gasteiger partial charge in [-0.15, -0.1) is 0 Å². The van der Waals surface area contributed by atoms with Crippen molar-refractivity contribution >= 4 is 38.7 Å². The smallest absolute Gasteiger partial charge is 0.252 e. The number of sulfonamides is 1. The summed E-state index contributed by atoms with van der Waals surface area (Å²) >= 11 is 1.54. The van der Waals surface area contributed by atoms with Crippen LogP contribution in [0.5, 0.6) is 0 Å². The molecule has 1 aromatic heterocycles. The third-order valence-corrected chi connectivity index (χ3v) is 8.25. The molecule has 176 valence electrons. The maximum atomic E-state index is 13.1. The molecule has 0 aliphatic heterocycles. The lowest BCUT2D eigenvalue weighted by atomic mass is 10.1. The predicted octanol–water partition coefficient (Wildman–Crippen LogP) is 4.60. The SMILES string of the molecule is CC(NC(=O)c1ccccc1CSc1nc2ccccc2[nH]1)c1ccc(S(=O)(=O)N(C)C)cc1. The summed E-state index contributed by atoms with van der Waals surface area (Å²) in [4.78, 5) is 21.2. The highest BCUT2D eigenvalue weighted by Crippen LogP contribution is 2.25. The summed E-state index contributed by atoms with van der Waals surface area (Å²) in [7, 11) is -0.501. The number of para-hydroxylation sites is 2. The highest BCUT2D eigenvalue weighted by molar-refractivity contribution is 7.98. The lowest BCUT2D eigenvalue weighted by Crippen LogP contribution is -2.27. The van der Waals surface area contributed by atoms with Crippen molar-refractivity contribution in [2.45, 2.75) is 28.8 Å². The number of thioether (sulfide) groups is 1. The Morgan fingerprint density at radius 1 is 1.03 bits per heavy atom. The molecule has 0 bridgehead atoms. The normalized spacial score (nSPS) is 12.7. The number of carbonyl (C=O) groups excluding carboxylic acids is 1. The van der Waals surface area contributed by atoms with Gasteiger partial charge in [0.25, 0.3) is 5.91 Å². The molecule has 0 fully saturated rings. The van der Waals surface area contributed by atoms with Gasteiger partial charge in [0.2, 0.25) is 10.0 Å². The average Bonchev–Trinajstić information content (AvgIpc) is 3.26. The zero-order valence-electron chi connectivity index (χ0n) is 19.1. The molecule has 1 heterocycles. The molecule has 4 rings (SSSR count). The number of aromatic amines is 1. The number of hydrogen-bond acceptors (Lipinski definition) is 5. The number of H-pyrrole nitrogens is 1. The molecule has 34 heavy (non-hydrogen) atoms. The fourth-order valence-corrected chi connectivity index (χ4v) is 5.30. The van der Waals surface area contributed by atoms with Crippen LogP contribution in [0.2, 0.25) is 0 Å². The van der Waals surface area contributed by atoms with Gasteiger partial charge in [-0.05, 0) is 48.4 Å². The number of nitrogens with one attached hydrogen (secondary N) is 2. The summed E-state index contributed by atoms with van der Waals surface area (Å²) < 4.78 is 25.7. The average molecular weight is 495 g/mol. The molecule has 0 spiro atoms. The standard InChI is InChI=1S/C25H26N4O3S2/c1-17(18-12-14-20(15-13-18)34(31,32)29(2)3)26-24(30)21-9-5-4-8-19(21)16-33-25-27-22-10-6-7-11-23(22)28-25/h4-15,17H,16H2,1-3H3,(H,26,30)(H,27,28). The Morgan fingerprint density at radius 3 is 2.41 bits per heavy atom. The van der Waals surface area contributed by atoms with Crippen molar-refractivity contribution in [1.82, 2.24) is 19.6 Å². The van der Waals surface area contributed by atoms with Gasteiger partial charge < -0.3 is 10.3 Å². The van der Waals surface area contributed by atoms with Gasteiger partial charge in [-0.3, -0.25) is 4.79 Å². The monoisotopic (exact) mass is 494 g/mol. The maximum absolute atomic E-state index is 13.1. The van der Waals surface area contributed by atoms with E-state index in [2.05, 4.69) is 15.3 Å². The van der Waals surface area contributed by atoms with Gasteiger partial charge in [0, 0.05) is 25.4 Å².